The Morgan fingerprint density at radius 3 is 2.43 bits per heavy atom. The second-order valence-electron chi connectivity index (χ2n) is 5.98. The second kappa shape index (κ2) is 5.36. The molecule has 0 fully saturated rings. The van der Waals surface area contributed by atoms with Gasteiger partial charge in [-0.2, -0.15) is 0 Å². The normalized spacial score (nSPS) is 13.9. The number of hydrogen-bond acceptors (Lipinski definition) is 1. The molecule has 2 aromatic rings. The zero-order valence-electron chi connectivity index (χ0n) is 12.9. The van der Waals surface area contributed by atoms with E-state index < -0.39 is 0 Å². The monoisotopic (exact) mass is 279 g/mol. The van der Waals surface area contributed by atoms with Crippen LogP contribution in [-0.4, -0.2) is 5.91 Å². The van der Waals surface area contributed by atoms with Gasteiger partial charge in [-0.25, -0.2) is 0 Å². The third-order valence-electron chi connectivity index (χ3n) is 4.26. The molecule has 1 heterocycles. The largest absolute Gasteiger partial charge is 0.304 e. The average molecular weight is 279 g/mol. The smallest absolute Gasteiger partial charge is 0.258 e. The molecule has 0 unspecified atom stereocenters. The minimum atomic E-state index is 0.123. The van der Waals surface area contributed by atoms with Crippen LogP contribution in [0.25, 0.3) is 0 Å². The molecule has 108 valence electrons. The van der Waals surface area contributed by atoms with Crippen molar-refractivity contribution in [3.05, 3.63) is 64.7 Å². The van der Waals surface area contributed by atoms with Crippen molar-refractivity contribution in [3.8, 4) is 0 Å². The van der Waals surface area contributed by atoms with E-state index in [2.05, 4.69) is 57.2 Å². The van der Waals surface area contributed by atoms with Crippen molar-refractivity contribution in [2.75, 3.05) is 4.90 Å². The fourth-order valence-electron chi connectivity index (χ4n) is 2.82. The van der Waals surface area contributed by atoms with Gasteiger partial charge < -0.3 is 4.90 Å². The summed E-state index contributed by atoms with van der Waals surface area (Å²) in [4.78, 5) is 14.5. The highest BCUT2D eigenvalue weighted by Crippen LogP contribution is 2.30. The molecule has 3 rings (SSSR count). The van der Waals surface area contributed by atoms with Gasteiger partial charge in [-0.05, 0) is 47.2 Å². The lowest BCUT2D eigenvalue weighted by molar-refractivity contribution is 0.0996. The Balaban J connectivity index is 1.90. The number of rotatable bonds is 3. The quantitative estimate of drug-likeness (QED) is 0.808. The maximum Gasteiger partial charge on any atom is 0.258 e. The van der Waals surface area contributed by atoms with E-state index in [1.807, 2.05) is 11.0 Å². The average Bonchev–Trinajstić information content (AvgIpc) is 2.84. The minimum absolute atomic E-state index is 0.123. The van der Waals surface area contributed by atoms with E-state index >= 15 is 0 Å². The van der Waals surface area contributed by atoms with E-state index in [1.54, 1.807) is 0 Å². The predicted octanol–water partition coefficient (Wildman–Crippen LogP) is 4.53. The SMILES string of the molecule is CCc1ccc2c(c1)C(=O)N(c1ccc(C(C)C)cc1)C2. The molecule has 0 N–H and O–H groups in total. The maximum absolute atomic E-state index is 12.6. The Hall–Kier alpha value is -2.09. The van der Waals surface area contributed by atoms with Gasteiger partial charge in [0.25, 0.3) is 5.91 Å². The fraction of sp³-hybridized carbons (Fsp3) is 0.316. The molecule has 21 heavy (non-hydrogen) atoms. The zero-order chi connectivity index (χ0) is 15.0. The van der Waals surface area contributed by atoms with Crippen molar-refractivity contribution in [2.24, 2.45) is 0 Å². The fourth-order valence-corrected chi connectivity index (χ4v) is 2.82. The Morgan fingerprint density at radius 1 is 1.10 bits per heavy atom. The number of carbonyl (C=O) groups excluding carboxylic acids is 1. The molecular formula is C19H21NO. The standard InChI is InChI=1S/C19H21NO/c1-4-14-5-6-16-12-20(19(21)18(16)11-14)17-9-7-15(8-10-17)13(2)3/h5-11,13H,4,12H2,1-3H3. The van der Waals surface area contributed by atoms with Crippen molar-refractivity contribution >= 4 is 11.6 Å². The van der Waals surface area contributed by atoms with Gasteiger partial charge >= 0.3 is 0 Å². The molecule has 1 aliphatic rings. The van der Waals surface area contributed by atoms with Gasteiger partial charge in [-0.3, -0.25) is 4.79 Å². The minimum Gasteiger partial charge on any atom is -0.304 e. The number of anilines is 1. The molecule has 2 nitrogen and oxygen atoms in total. The summed E-state index contributed by atoms with van der Waals surface area (Å²) in [5.74, 6) is 0.634. The maximum atomic E-state index is 12.6. The van der Waals surface area contributed by atoms with Gasteiger partial charge in [0, 0.05) is 11.3 Å². The van der Waals surface area contributed by atoms with E-state index in [-0.39, 0.29) is 5.91 Å². The highest BCUT2D eigenvalue weighted by molar-refractivity contribution is 6.10. The van der Waals surface area contributed by atoms with Crippen LogP contribution in [0.3, 0.4) is 0 Å². The highest BCUT2D eigenvalue weighted by Gasteiger charge is 2.28. The first-order valence-corrected chi connectivity index (χ1v) is 7.63. The van der Waals surface area contributed by atoms with E-state index in [0.29, 0.717) is 12.5 Å². The summed E-state index contributed by atoms with van der Waals surface area (Å²) in [6.45, 7) is 7.15. The molecule has 2 heteroatoms. The van der Waals surface area contributed by atoms with Crippen LogP contribution in [0.4, 0.5) is 5.69 Å². The molecule has 0 aromatic heterocycles. The van der Waals surface area contributed by atoms with Crippen molar-refractivity contribution in [1.82, 2.24) is 0 Å². The van der Waals surface area contributed by atoms with Crippen LogP contribution in [0.15, 0.2) is 42.5 Å². The molecule has 0 atom stereocenters. The van der Waals surface area contributed by atoms with E-state index in [0.717, 1.165) is 23.2 Å². The molecule has 1 aliphatic heterocycles. The lowest BCUT2D eigenvalue weighted by Gasteiger charge is -2.16. The van der Waals surface area contributed by atoms with Crippen LogP contribution in [0.1, 0.15) is 53.7 Å². The molecule has 0 aliphatic carbocycles. The number of benzene rings is 2. The molecular weight excluding hydrogens is 258 g/mol. The van der Waals surface area contributed by atoms with Crippen LogP contribution in [0, 0.1) is 0 Å². The third-order valence-corrected chi connectivity index (χ3v) is 4.26. The summed E-state index contributed by atoms with van der Waals surface area (Å²) in [5.41, 5.74) is 5.50. The van der Waals surface area contributed by atoms with E-state index in [9.17, 15) is 4.79 Å². The third kappa shape index (κ3) is 2.46. The van der Waals surface area contributed by atoms with Gasteiger partial charge in [0.2, 0.25) is 0 Å². The van der Waals surface area contributed by atoms with Crippen molar-refractivity contribution in [2.45, 2.75) is 39.7 Å². The first kappa shape index (κ1) is 13.9. The Kier molecular flexibility index (Phi) is 3.54. The molecule has 1 amide bonds. The molecule has 0 saturated heterocycles. The lowest BCUT2D eigenvalue weighted by Crippen LogP contribution is -2.22. The van der Waals surface area contributed by atoms with Crippen LogP contribution in [0.5, 0.6) is 0 Å². The van der Waals surface area contributed by atoms with Crippen molar-refractivity contribution in [1.29, 1.82) is 0 Å². The number of fused-ring (bicyclic) bond motifs is 1. The number of amides is 1. The van der Waals surface area contributed by atoms with E-state index in [1.165, 1.54) is 11.1 Å². The topological polar surface area (TPSA) is 20.3 Å². The van der Waals surface area contributed by atoms with Gasteiger partial charge in [-0.1, -0.05) is 45.0 Å². The molecule has 0 saturated carbocycles. The molecule has 0 bridgehead atoms. The summed E-state index contributed by atoms with van der Waals surface area (Å²) < 4.78 is 0. The Bertz CT molecular complexity index is 670. The van der Waals surface area contributed by atoms with Gasteiger partial charge in [-0.15, -0.1) is 0 Å². The summed E-state index contributed by atoms with van der Waals surface area (Å²) in [5, 5.41) is 0. The summed E-state index contributed by atoms with van der Waals surface area (Å²) in [6, 6.07) is 14.6. The summed E-state index contributed by atoms with van der Waals surface area (Å²) in [7, 11) is 0. The lowest BCUT2D eigenvalue weighted by atomic mass is 10.0. The number of nitrogens with zero attached hydrogens (tertiary/aromatic N) is 1. The predicted molar refractivity (Wildman–Crippen MR) is 86.9 cm³/mol. The van der Waals surface area contributed by atoms with Gasteiger partial charge in [0.15, 0.2) is 0 Å². The van der Waals surface area contributed by atoms with E-state index in [4.69, 9.17) is 0 Å². The zero-order valence-corrected chi connectivity index (χ0v) is 12.9. The van der Waals surface area contributed by atoms with Crippen LogP contribution < -0.4 is 4.90 Å². The number of aryl methyl sites for hydroxylation is 1. The van der Waals surface area contributed by atoms with Crippen molar-refractivity contribution in [3.63, 3.8) is 0 Å². The Labute approximate surface area is 126 Å². The molecule has 0 spiro atoms. The first-order valence-electron chi connectivity index (χ1n) is 7.63. The number of carbonyl (C=O) groups is 1. The van der Waals surface area contributed by atoms with Crippen LogP contribution in [-0.2, 0) is 13.0 Å². The van der Waals surface area contributed by atoms with Gasteiger partial charge in [0.05, 0.1) is 6.54 Å². The van der Waals surface area contributed by atoms with Crippen molar-refractivity contribution < 1.29 is 4.79 Å². The highest BCUT2D eigenvalue weighted by atomic mass is 16.2. The van der Waals surface area contributed by atoms with Crippen LogP contribution in [0.2, 0.25) is 0 Å². The number of hydrogen-bond donors (Lipinski definition) is 0. The van der Waals surface area contributed by atoms with Gasteiger partial charge in [0.1, 0.15) is 0 Å². The molecule has 2 aromatic carbocycles. The Morgan fingerprint density at radius 2 is 1.81 bits per heavy atom. The summed E-state index contributed by atoms with van der Waals surface area (Å²) >= 11 is 0. The van der Waals surface area contributed by atoms with Crippen LogP contribution >= 0.6 is 0 Å². The summed E-state index contributed by atoms with van der Waals surface area (Å²) in [6.07, 6.45) is 0.962. The second-order valence-corrected chi connectivity index (χ2v) is 5.98. The first-order chi connectivity index (χ1) is 10.1. The molecule has 0 radical (unpaired) electrons.